The maximum Gasteiger partial charge on any atom is 0.335 e. The van der Waals surface area contributed by atoms with Crippen molar-refractivity contribution in [2.75, 3.05) is 13.2 Å². The lowest BCUT2D eigenvalue weighted by Crippen LogP contribution is -2.48. The molecule has 0 aliphatic carbocycles. The minimum Gasteiger partial charge on any atom is -0.478 e. The summed E-state index contributed by atoms with van der Waals surface area (Å²) in [5, 5.41) is 9.69. The van der Waals surface area contributed by atoms with Gasteiger partial charge in [-0.2, -0.15) is 0 Å². The maximum absolute atomic E-state index is 12.8. The average molecular weight is 361 g/mol. The monoisotopic (exact) mass is 360 g/mol. The van der Waals surface area contributed by atoms with Gasteiger partial charge in [-0.25, -0.2) is 4.79 Å². The fraction of sp³-hybridized carbons (Fsp3) is 0.278. The summed E-state index contributed by atoms with van der Waals surface area (Å²) < 4.78 is 5.84. The molecule has 1 aliphatic heterocycles. The van der Waals surface area contributed by atoms with E-state index in [-0.39, 0.29) is 29.3 Å². The molecule has 130 valence electrons. The number of pyridine rings is 1. The normalized spacial score (nSPS) is 20.3. The van der Waals surface area contributed by atoms with Crippen LogP contribution in [0.15, 0.2) is 42.6 Å². The third kappa shape index (κ3) is 3.81. The van der Waals surface area contributed by atoms with Gasteiger partial charge in [0.25, 0.3) is 5.91 Å². The van der Waals surface area contributed by atoms with Gasteiger partial charge < -0.3 is 14.7 Å². The second kappa shape index (κ2) is 7.21. The topological polar surface area (TPSA) is 79.7 Å². The van der Waals surface area contributed by atoms with Crippen LogP contribution in [0.1, 0.15) is 39.4 Å². The number of rotatable bonds is 3. The Bertz CT molecular complexity index is 811. The second-order valence-corrected chi connectivity index (χ2v) is 6.35. The standard InChI is InChI=1S/C18H17ClN2O4/c1-11-10-25-16(12-3-2-4-14(19)7-12)9-21(11)17(22)15-8-13(18(23)24)5-6-20-15/h2-8,11,16H,9-10H2,1H3,(H,23,24). The number of aromatic nitrogens is 1. The van der Waals surface area contributed by atoms with Gasteiger partial charge in [0.05, 0.1) is 24.8 Å². The van der Waals surface area contributed by atoms with Crippen LogP contribution in [0, 0.1) is 0 Å². The number of morpholine rings is 1. The number of nitrogens with zero attached hydrogens (tertiary/aromatic N) is 2. The minimum atomic E-state index is -1.09. The van der Waals surface area contributed by atoms with Crippen LogP contribution in [0.3, 0.4) is 0 Å². The van der Waals surface area contributed by atoms with Crippen LogP contribution in [0.5, 0.6) is 0 Å². The molecule has 1 aromatic carbocycles. The van der Waals surface area contributed by atoms with Crippen molar-refractivity contribution < 1.29 is 19.4 Å². The van der Waals surface area contributed by atoms with Gasteiger partial charge in [-0.1, -0.05) is 23.7 Å². The first kappa shape index (κ1) is 17.4. The van der Waals surface area contributed by atoms with Crippen LogP contribution >= 0.6 is 11.6 Å². The first-order chi connectivity index (χ1) is 12.0. The number of carboxylic acid groups (broad SMARTS) is 1. The van der Waals surface area contributed by atoms with Gasteiger partial charge in [0, 0.05) is 11.2 Å². The van der Waals surface area contributed by atoms with E-state index in [2.05, 4.69) is 4.98 Å². The largest absolute Gasteiger partial charge is 0.478 e. The fourth-order valence-electron chi connectivity index (χ4n) is 2.78. The summed E-state index contributed by atoms with van der Waals surface area (Å²) in [5.74, 6) is -1.41. The highest BCUT2D eigenvalue weighted by Crippen LogP contribution is 2.27. The Kier molecular flexibility index (Phi) is 5.01. The third-order valence-corrected chi connectivity index (χ3v) is 4.38. The van der Waals surface area contributed by atoms with Crippen LogP contribution in [-0.4, -0.2) is 46.1 Å². The van der Waals surface area contributed by atoms with Crippen molar-refractivity contribution in [3.63, 3.8) is 0 Å². The van der Waals surface area contributed by atoms with Gasteiger partial charge in [-0.3, -0.25) is 9.78 Å². The Hall–Kier alpha value is -2.44. The number of halogens is 1. The number of carboxylic acids is 1. The number of carbonyl (C=O) groups is 2. The molecular formula is C18H17ClN2O4. The van der Waals surface area contributed by atoms with Crippen molar-refractivity contribution >= 4 is 23.5 Å². The van der Waals surface area contributed by atoms with E-state index in [9.17, 15) is 9.59 Å². The predicted octanol–water partition coefficient (Wildman–Crippen LogP) is 3.04. The average Bonchev–Trinajstić information content (AvgIpc) is 2.61. The smallest absolute Gasteiger partial charge is 0.335 e. The fourth-order valence-corrected chi connectivity index (χ4v) is 2.97. The number of benzene rings is 1. The molecule has 2 heterocycles. The van der Waals surface area contributed by atoms with Gasteiger partial charge in [-0.05, 0) is 36.8 Å². The van der Waals surface area contributed by atoms with E-state index >= 15 is 0 Å². The lowest BCUT2D eigenvalue weighted by molar-refractivity contribution is -0.0488. The molecule has 0 spiro atoms. The molecule has 1 amide bonds. The quantitative estimate of drug-likeness (QED) is 0.910. The van der Waals surface area contributed by atoms with Crippen LogP contribution in [0.2, 0.25) is 5.02 Å². The van der Waals surface area contributed by atoms with Crippen molar-refractivity contribution in [2.45, 2.75) is 19.1 Å². The van der Waals surface area contributed by atoms with Gasteiger partial charge in [0.2, 0.25) is 0 Å². The molecule has 1 saturated heterocycles. The van der Waals surface area contributed by atoms with Gasteiger partial charge in [0.15, 0.2) is 0 Å². The number of hydrogen-bond donors (Lipinski definition) is 1. The summed E-state index contributed by atoms with van der Waals surface area (Å²) in [7, 11) is 0. The summed E-state index contributed by atoms with van der Waals surface area (Å²) >= 11 is 6.03. The zero-order chi connectivity index (χ0) is 18.0. The lowest BCUT2D eigenvalue weighted by Gasteiger charge is -2.38. The molecule has 2 unspecified atom stereocenters. The van der Waals surface area contributed by atoms with Crippen LogP contribution in [0.4, 0.5) is 0 Å². The molecular weight excluding hydrogens is 344 g/mol. The van der Waals surface area contributed by atoms with Crippen LogP contribution in [0.25, 0.3) is 0 Å². The Morgan fingerprint density at radius 1 is 1.32 bits per heavy atom. The first-order valence-electron chi connectivity index (χ1n) is 7.83. The Balaban J connectivity index is 1.83. The zero-order valence-electron chi connectivity index (χ0n) is 13.6. The number of aromatic carboxylic acids is 1. The highest BCUT2D eigenvalue weighted by Gasteiger charge is 2.32. The van der Waals surface area contributed by atoms with E-state index < -0.39 is 5.97 Å². The molecule has 3 rings (SSSR count). The number of amides is 1. The summed E-state index contributed by atoms with van der Waals surface area (Å²) in [6, 6.07) is 9.84. The SMILES string of the molecule is CC1COC(c2cccc(Cl)c2)CN1C(=O)c1cc(C(=O)O)ccn1. The summed E-state index contributed by atoms with van der Waals surface area (Å²) in [5.41, 5.74) is 1.04. The molecule has 1 aromatic heterocycles. The Morgan fingerprint density at radius 3 is 2.84 bits per heavy atom. The van der Waals surface area contributed by atoms with Crippen molar-refractivity contribution in [2.24, 2.45) is 0 Å². The van der Waals surface area contributed by atoms with Crippen molar-refractivity contribution in [3.05, 3.63) is 64.4 Å². The van der Waals surface area contributed by atoms with Crippen molar-refractivity contribution in [1.82, 2.24) is 9.88 Å². The molecule has 1 aliphatic rings. The molecule has 0 radical (unpaired) electrons. The van der Waals surface area contributed by atoms with E-state index in [0.29, 0.717) is 18.2 Å². The molecule has 1 N–H and O–H groups in total. The Morgan fingerprint density at radius 2 is 2.12 bits per heavy atom. The number of carbonyl (C=O) groups excluding carboxylic acids is 1. The molecule has 7 heteroatoms. The number of ether oxygens (including phenoxy) is 1. The highest BCUT2D eigenvalue weighted by molar-refractivity contribution is 6.30. The second-order valence-electron chi connectivity index (χ2n) is 5.92. The first-order valence-corrected chi connectivity index (χ1v) is 8.21. The minimum absolute atomic E-state index is 0.0330. The van der Waals surface area contributed by atoms with E-state index in [0.717, 1.165) is 5.56 Å². The highest BCUT2D eigenvalue weighted by atomic mass is 35.5. The maximum atomic E-state index is 12.8. The zero-order valence-corrected chi connectivity index (χ0v) is 14.3. The van der Waals surface area contributed by atoms with Crippen molar-refractivity contribution in [3.8, 4) is 0 Å². The summed E-state index contributed by atoms with van der Waals surface area (Å²) in [4.78, 5) is 29.6. The van der Waals surface area contributed by atoms with Crippen molar-refractivity contribution in [1.29, 1.82) is 0 Å². The number of hydrogen-bond acceptors (Lipinski definition) is 4. The molecule has 2 aromatic rings. The van der Waals surface area contributed by atoms with Crippen LogP contribution < -0.4 is 0 Å². The molecule has 0 saturated carbocycles. The van der Waals surface area contributed by atoms with E-state index in [1.54, 1.807) is 11.0 Å². The van der Waals surface area contributed by atoms with Gasteiger partial charge in [-0.15, -0.1) is 0 Å². The summed E-state index contributed by atoms with van der Waals surface area (Å²) in [6.45, 7) is 2.61. The van der Waals surface area contributed by atoms with Crippen LogP contribution in [-0.2, 0) is 4.74 Å². The van der Waals surface area contributed by atoms with E-state index in [1.165, 1.54) is 18.3 Å². The molecule has 25 heavy (non-hydrogen) atoms. The Labute approximate surface area is 150 Å². The van der Waals surface area contributed by atoms with E-state index in [1.807, 2.05) is 25.1 Å². The molecule has 2 atom stereocenters. The van der Waals surface area contributed by atoms with E-state index in [4.69, 9.17) is 21.4 Å². The molecule has 0 bridgehead atoms. The third-order valence-electron chi connectivity index (χ3n) is 4.14. The lowest BCUT2D eigenvalue weighted by atomic mass is 10.1. The molecule has 1 fully saturated rings. The predicted molar refractivity (Wildman–Crippen MR) is 91.8 cm³/mol. The van der Waals surface area contributed by atoms with Gasteiger partial charge >= 0.3 is 5.97 Å². The summed E-state index contributed by atoms with van der Waals surface area (Å²) in [6.07, 6.45) is 1.04. The van der Waals surface area contributed by atoms with Gasteiger partial charge in [0.1, 0.15) is 11.8 Å². The molecule has 6 nitrogen and oxygen atoms in total.